The van der Waals surface area contributed by atoms with E-state index in [-0.39, 0.29) is 5.91 Å². The van der Waals surface area contributed by atoms with Crippen LogP contribution in [0.5, 0.6) is 0 Å². The maximum absolute atomic E-state index is 13.5. The van der Waals surface area contributed by atoms with Gasteiger partial charge >= 0.3 is 0 Å². The van der Waals surface area contributed by atoms with Crippen molar-refractivity contribution in [1.29, 1.82) is 0 Å². The van der Waals surface area contributed by atoms with Crippen LogP contribution in [0.25, 0.3) is 10.9 Å². The van der Waals surface area contributed by atoms with Crippen LogP contribution in [0.2, 0.25) is 0 Å². The van der Waals surface area contributed by atoms with E-state index in [1.165, 1.54) is 10.9 Å². The second kappa shape index (κ2) is 7.15. The first-order chi connectivity index (χ1) is 14.1. The SMILES string of the molecule is Cc1ccnc(N2CCC3(CC2)NCCN(Cc2c[nH]c4ccccc24)C3=O)n1. The third-order valence-corrected chi connectivity index (χ3v) is 6.26. The van der Waals surface area contributed by atoms with Gasteiger partial charge in [0.1, 0.15) is 5.54 Å². The van der Waals surface area contributed by atoms with E-state index in [0.29, 0.717) is 6.54 Å². The van der Waals surface area contributed by atoms with E-state index in [1.54, 1.807) is 6.20 Å². The number of hydrogen-bond donors (Lipinski definition) is 2. The number of benzene rings is 1. The normalized spacial score (nSPS) is 19.3. The zero-order valence-corrected chi connectivity index (χ0v) is 16.7. The summed E-state index contributed by atoms with van der Waals surface area (Å²) in [7, 11) is 0. The Labute approximate surface area is 170 Å². The van der Waals surface area contributed by atoms with E-state index in [2.05, 4.69) is 37.3 Å². The number of aryl methyl sites for hydroxylation is 1. The molecule has 2 aliphatic rings. The van der Waals surface area contributed by atoms with Crippen molar-refractivity contribution in [2.45, 2.75) is 31.8 Å². The molecule has 0 aliphatic carbocycles. The van der Waals surface area contributed by atoms with E-state index < -0.39 is 5.54 Å². The Morgan fingerprint density at radius 1 is 1.14 bits per heavy atom. The number of nitrogens with zero attached hydrogens (tertiary/aromatic N) is 4. The first-order valence-electron chi connectivity index (χ1n) is 10.3. The molecular formula is C22H26N6O. The number of hydrogen-bond acceptors (Lipinski definition) is 5. The molecule has 2 fully saturated rings. The Kier molecular flexibility index (Phi) is 4.47. The highest BCUT2D eigenvalue weighted by atomic mass is 16.2. The monoisotopic (exact) mass is 390 g/mol. The summed E-state index contributed by atoms with van der Waals surface area (Å²) in [5.74, 6) is 0.984. The molecule has 5 rings (SSSR count). The molecule has 2 aliphatic heterocycles. The Morgan fingerprint density at radius 3 is 2.79 bits per heavy atom. The molecule has 7 heteroatoms. The Bertz CT molecular complexity index is 1040. The molecule has 29 heavy (non-hydrogen) atoms. The lowest BCUT2D eigenvalue weighted by Gasteiger charge is -2.47. The number of piperazine rings is 1. The molecule has 4 heterocycles. The molecule has 0 unspecified atom stereocenters. The van der Waals surface area contributed by atoms with Crippen LogP contribution in [0.3, 0.4) is 0 Å². The summed E-state index contributed by atoms with van der Waals surface area (Å²) >= 11 is 0. The minimum atomic E-state index is -0.468. The standard InChI is InChI=1S/C22H26N6O/c1-16-6-9-23-21(26-16)27-11-7-22(8-12-27)20(29)28(13-10-25-22)15-17-14-24-19-5-3-2-4-18(17)19/h2-6,9,14,24-25H,7-8,10-13,15H2,1H3. The number of anilines is 1. The Balaban J connectivity index is 1.31. The first kappa shape index (κ1) is 18.1. The van der Waals surface area contributed by atoms with Gasteiger partial charge in [0.05, 0.1) is 0 Å². The summed E-state index contributed by atoms with van der Waals surface area (Å²) in [5, 5.41) is 4.74. The largest absolute Gasteiger partial charge is 0.361 e. The Hall–Kier alpha value is -2.93. The van der Waals surface area contributed by atoms with Crippen LogP contribution in [0.1, 0.15) is 24.1 Å². The van der Waals surface area contributed by atoms with Gasteiger partial charge in [0.25, 0.3) is 0 Å². The summed E-state index contributed by atoms with van der Waals surface area (Å²) in [6.45, 7) is 5.76. The number of aromatic nitrogens is 3. The fourth-order valence-corrected chi connectivity index (χ4v) is 4.60. The van der Waals surface area contributed by atoms with Crippen molar-refractivity contribution in [3.05, 3.63) is 54.0 Å². The molecule has 2 N–H and O–H groups in total. The number of piperidine rings is 1. The van der Waals surface area contributed by atoms with E-state index >= 15 is 0 Å². The molecular weight excluding hydrogens is 364 g/mol. The number of aromatic amines is 1. The second-order valence-corrected chi connectivity index (χ2v) is 8.08. The summed E-state index contributed by atoms with van der Waals surface area (Å²) in [4.78, 5) is 29.9. The van der Waals surface area contributed by atoms with Crippen LogP contribution in [-0.4, -0.2) is 57.5 Å². The van der Waals surface area contributed by atoms with Crippen LogP contribution in [0, 0.1) is 6.92 Å². The van der Waals surface area contributed by atoms with Gasteiger partial charge < -0.3 is 20.1 Å². The van der Waals surface area contributed by atoms with Crippen molar-refractivity contribution in [3.63, 3.8) is 0 Å². The highest BCUT2D eigenvalue weighted by molar-refractivity contribution is 5.89. The molecule has 1 aromatic carbocycles. The molecule has 0 atom stereocenters. The van der Waals surface area contributed by atoms with Crippen molar-refractivity contribution >= 4 is 22.8 Å². The van der Waals surface area contributed by atoms with Gasteiger partial charge in [0.15, 0.2) is 0 Å². The Morgan fingerprint density at radius 2 is 1.97 bits per heavy atom. The van der Waals surface area contributed by atoms with Gasteiger partial charge in [-0.05, 0) is 37.5 Å². The molecule has 1 spiro atoms. The van der Waals surface area contributed by atoms with E-state index in [4.69, 9.17) is 0 Å². The zero-order chi connectivity index (χ0) is 19.8. The number of rotatable bonds is 3. The summed E-state index contributed by atoms with van der Waals surface area (Å²) in [6, 6.07) is 10.2. The lowest BCUT2D eigenvalue weighted by Crippen LogP contribution is -2.67. The quantitative estimate of drug-likeness (QED) is 0.717. The van der Waals surface area contributed by atoms with E-state index in [9.17, 15) is 4.79 Å². The van der Waals surface area contributed by atoms with Crippen LogP contribution in [0.15, 0.2) is 42.7 Å². The molecule has 2 aromatic heterocycles. The lowest BCUT2D eigenvalue weighted by atomic mass is 9.84. The van der Waals surface area contributed by atoms with Gasteiger partial charge in [-0.3, -0.25) is 4.79 Å². The summed E-state index contributed by atoms with van der Waals surface area (Å²) in [5.41, 5.74) is 2.79. The smallest absolute Gasteiger partial charge is 0.243 e. The van der Waals surface area contributed by atoms with Crippen LogP contribution >= 0.6 is 0 Å². The molecule has 1 amide bonds. The predicted octanol–water partition coefficient (Wildman–Crippen LogP) is 2.24. The first-order valence-corrected chi connectivity index (χ1v) is 10.3. The maximum atomic E-state index is 13.5. The second-order valence-electron chi connectivity index (χ2n) is 8.08. The van der Waals surface area contributed by atoms with Gasteiger partial charge in [-0.1, -0.05) is 18.2 Å². The molecule has 0 saturated carbocycles. The van der Waals surface area contributed by atoms with E-state index in [0.717, 1.165) is 56.2 Å². The highest BCUT2D eigenvalue weighted by Crippen LogP contribution is 2.30. The average Bonchev–Trinajstić information content (AvgIpc) is 3.15. The lowest BCUT2D eigenvalue weighted by molar-refractivity contribution is -0.143. The van der Waals surface area contributed by atoms with Crippen molar-refractivity contribution in [2.75, 3.05) is 31.1 Å². The predicted molar refractivity (Wildman–Crippen MR) is 113 cm³/mol. The van der Waals surface area contributed by atoms with Crippen molar-refractivity contribution < 1.29 is 4.79 Å². The van der Waals surface area contributed by atoms with Crippen LogP contribution < -0.4 is 10.2 Å². The maximum Gasteiger partial charge on any atom is 0.243 e. The number of carbonyl (C=O) groups excluding carboxylic acids is 1. The van der Waals surface area contributed by atoms with Crippen molar-refractivity contribution in [2.24, 2.45) is 0 Å². The molecule has 150 valence electrons. The van der Waals surface area contributed by atoms with Gasteiger partial charge in [-0.15, -0.1) is 0 Å². The number of amides is 1. The number of para-hydroxylation sites is 1. The van der Waals surface area contributed by atoms with Gasteiger partial charge in [0, 0.05) is 61.7 Å². The fraction of sp³-hybridized carbons (Fsp3) is 0.409. The molecule has 3 aromatic rings. The van der Waals surface area contributed by atoms with Gasteiger partial charge in [-0.2, -0.15) is 0 Å². The van der Waals surface area contributed by atoms with Gasteiger partial charge in [-0.25, -0.2) is 9.97 Å². The average molecular weight is 390 g/mol. The number of carbonyl (C=O) groups is 1. The number of H-pyrrole nitrogens is 1. The molecule has 0 bridgehead atoms. The molecule has 7 nitrogen and oxygen atoms in total. The third kappa shape index (κ3) is 3.25. The zero-order valence-electron chi connectivity index (χ0n) is 16.7. The van der Waals surface area contributed by atoms with Crippen LogP contribution in [0.4, 0.5) is 5.95 Å². The summed E-state index contributed by atoms with van der Waals surface area (Å²) < 4.78 is 0. The molecule has 0 radical (unpaired) electrons. The summed E-state index contributed by atoms with van der Waals surface area (Å²) in [6.07, 6.45) is 5.38. The fourth-order valence-electron chi connectivity index (χ4n) is 4.60. The van der Waals surface area contributed by atoms with Crippen molar-refractivity contribution in [1.82, 2.24) is 25.2 Å². The van der Waals surface area contributed by atoms with Crippen molar-refractivity contribution in [3.8, 4) is 0 Å². The topological polar surface area (TPSA) is 77.2 Å². The minimum absolute atomic E-state index is 0.221. The van der Waals surface area contributed by atoms with E-state index in [1.807, 2.05) is 36.2 Å². The third-order valence-electron chi connectivity index (χ3n) is 6.26. The molecule has 2 saturated heterocycles. The number of nitrogens with one attached hydrogen (secondary N) is 2. The number of fused-ring (bicyclic) bond motifs is 1. The van der Waals surface area contributed by atoms with Crippen LogP contribution in [-0.2, 0) is 11.3 Å². The van der Waals surface area contributed by atoms with Gasteiger partial charge in [0.2, 0.25) is 11.9 Å². The highest BCUT2D eigenvalue weighted by Gasteiger charge is 2.46. The minimum Gasteiger partial charge on any atom is -0.361 e.